The van der Waals surface area contributed by atoms with Crippen molar-refractivity contribution in [2.24, 2.45) is 0 Å². The van der Waals surface area contributed by atoms with Crippen LogP contribution in [0.5, 0.6) is 0 Å². The van der Waals surface area contributed by atoms with Crippen LogP contribution in [0.4, 0.5) is 5.82 Å². The molecule has 0 fully saturated rings. The summed E-state index contributed by atoms with van der Waals surface area (Å²) in [6.07, 6.45) is 2.71. The predicted molar refractivity (Wildman–Crippen MR) is 91.0 cm³/mol. The van der Waals surface area contributed by atoms with Gasteiger partial charge in [-0.3, -0.25) is 4.79 Å². The SMILES string of the molecule is CCNc1ncc(Br)cc1C(=O)NCc1ccc(CC)s1. The Kier molecular flexibility index (Phi) is 5.76. The molecule has 2 N–H and O–H groups in total. The molecule has 4 nitrogen and oxygen atoms in total. The summed E-state index contributed by atoms with van der Waals surface area (Å²) in [5, 5.41) is 6.05. The number of nitrogens with one attached hydrogen (secondary N) is 2. The van der Waals surface area contributed by atoms with E-state index in [1.165, 1.54) is 4.88 Å². The predicted octanol–water partition coefficient (Wildman–Crippen LogP) is 3.83. The van der Waals surface area contributed by atoms with Crippen molar-refractivity contribution in [3.63, 3.8) is 0 Å². The molecule has 2 heterocycles. The molecule has 2 aromatic rings. The van der Waals surface area contributed by atoms with Crippen LogP contribution in [-0.4, -0.2) is 17.4 Å². The van der Waals surface area contributed by atoms with Crippen LogP contribution in [-0.2, 0) is 13.0 Å². The lowest BCUT2D eigenvalue weighted by Gasteiger charge is -2.10. The van der Waals surface area contributed by atoms with E-state index in [9.17, 15) is 4.79 Å². The van der Waals surface area contributed by atoms with Crippen LogP contribution in [0.3, 0.4) is 0 Å². The zero-order valence-electron chi connectivity index (χ0n) is 12.1. The molecule has 0 saturated heterocycles. The third-order valence-corrected chi connectivity index (χ3v) is 4.60. The third kappa shape index (κ3) is 4.28. The number of nitrogens with zero attached hydrogens (tertiary/aromatic N) is 1. The fraction of sp³-hybridized carbons (Fsp3) is 0.333. The monoisotopic (exact) mass is 367 g/mol. The number of carbonyl (C=O) groups excluding carboxylic acids is 1. The van der Waals surface area contributed by atoms with Crippen molar-refractivity contribution in [1.82, 2.24) is 10.3 Å². The normalized spacial score (nSPS) is 10.4. The van der Waals surface area contributed by atoms with Crippen molar-refractivity contribution < 1.29 is 4.79 Å². The van der Waals surface area contributed by atoms with E-state index in [1.807, 2.05) is 6.92 Å². The highest BCUT2D eigenvalue weighted by atomic mass is 79.9. The van der Waals surface area contributed by atoms with Crippen LogP contribution in [0.25, 0.3) is 0 Å². The zero-order valence-corrected chi connectivity index (χ0v) is 14.5. The topological polar surface area (TPSA) is 54.0 Å². The lowest BCUT2D eigenvalue weighted by atomic mass is 10.2. The smallest absolute Gasteiger partial charge is 0.255 e. The van der Waals surface area contributed by atoms with Crippen LogP contribution in [0.15, 0.2) is 28.9 Å². The van der Waals surface area contributed by atoms with E-state index in [-0.39, 0.29) is 5.91 Å². The van der Waals surface area contributed by atoms with Crippen molar-refractivity contribution >= 4 is 39.0 Å². The standard InChI is InChI=1S/C15H18BrN3OS/c1-3-11-5-6-12(21-11)9-19-15(20)13-7-10(16)8-18-14(13)17-4-2/h5-8H,3-4,9H2,1-2H3,(H,17,18)(H,19,20). The number of rotatable bonds is 6. The molecule has 0 aliphatic heterocycles. The first-order valence-electron chi connectivity index (χ1n) is 6.89. The van der Waals surface area contributed by atoms with Crippen molar-refractivity contribution in [2.45, 2.75) is 26.8 Å². The molecule has 0 radical (unpaired) electrons. The summed E-state index contributed by atoms with van der Waals surface area (Å²) in [5.41, 5.74) is 0.554. The zero-order chi connectivity index (χ0) is 15.2. The molecule has 21 heavy (non-hydrogen) atoms. The summed E-state index contributed by atoms with van der Waals surface area (Å²) in [7, 11) is 0. The Labute approximate surface area is 137 Å². The minimum Gasteiger partial charge on any atom is -0.370 e. The second-order valence-corrected chi connectivity index (χ2v) is 6.65. The Morgan fingerprint density at radius 2 is 2.10 bits per heavy atom. The Morgan fingerprint density at radius 1 is 1.33 bits per heavy atom. The van der Waals surface area contributed by atoms with Crippen LogP contribution in [0.2, 0.25) is 0 Å². The third-order valence-electron chi connectivity index (χ3n) is 2.93. The number of thiophene rings is 1. The van der Waals surface area contributed by atoms with Gasteiger partial charge in [-0.2, -0.15) is 0 Å². The summed E-state index contributed by atoms with van der Waals surface area (Å²) in [6, 6.07) is 5.96. The van der Waals surface area contributed by atoms with Crippen LogP contribution in [0.1, 0.15) is 34.0 Å². The number of pyridine rings is 1. The van der Waals surface area contributed by atoms with Gasteiger partial charge in [-0.1, -0.05) is 6.92 Å². The number of aromatic nitrogens is 1. The quantitative estimate of drug-likeness (QED) is 0.815. The van der Waals surface area contributed by atoms with E-state index < -0.39 is 0 Å². The maximum absolute atomic E-state index is 12.3. The van der Waals surface area contributed by atoms with Gasteiger partial charge in [0.1, 0.15) is 5.82 Å². The highest BCUT2D eigenvalue weighted by Gasteiger charge is 2.13. The van der Waals surface area contributed by atoms with Gasteiger partial charge in [0.25, 0.3) is 5.91 Å². The molecule has 0 aromatic carbocycles. The molecule has 1 amide bonds. The molecular weight excluding hydrogens is 350 g/mol. The Morgan fingerprint density at radius 3 is 2.76 bits per heavy atom. The van der Waals surface area contributed by atoms with Gasteiger partial charge in [-0.05, 0) is 47.5 Å². The Hall–Kier alpha value is -1.40. The first kappa shape index (κ1) is 16.0. The first-order chi connectivity index (χ1) is 10.1. The highest BCUT2D eigenvalue weighted by Crippen LogP contribution is 2.19. The van der Waals surface area contributed by atoms with E-state index >= 15 is 0 Å². The van der Waals surface area contributed by atoms with Crippen molar-refractivity contribution in [3.8, 4) is 0 Å². The van der Waals surface area contributed by atoms with Gasteiger partial charge in [0.05, 0.1) is 12.1 Å². The van der Waals surface area contributed by atoms with E-state index in [4.69, 9.17) is 0 Å². The molecule has 2 rings (SSSR count). The largest absolute Gasteiger partial charge is 0.370 e. The minimum absolute atomic E-state index is 0.119. The van der Waals surface area contributed by atoms with Crippen LogP contribution >= 0.6 is 27.3 Å². The average Bonchev–Trinajstić information content (AvgIpc) is 2.95. The van der Waals surface area contributed by atoms with Gasteiger partial charge in [-0.25, -0.2) is 4.98 Å². The molecule has 112 valence electrons. The van der Waals surface area contributed by atoms with Crippen molar-refractivity contribution in [1.29, 1.82) is 0 Å². The minimum atomic E-state index is -0.119. The maximum Gasteiger partial charge on any atom is 0.255 e. The second kappa shape index (κ2) is 7.56. The molecule has 0 spiro atoms. The van der Waals surface area contributed by atoms with Gasteiger partial charge in [0.15, 0.2) is 0 Å². The fourth-order valence-corrected chi connectivity index (χ4v) is 3.12. The first-order valence-corrected chi connectivity index (χ1v) is 8.50. The molecule has 0 aliphatic rings. The van der Waals surface area contributed by atoms with Gasteiger partial charge < -0.3 is 10.6 Å². The molecular formula is C15H18BrN3OS. The van der Waals surface area contributed by atoms with Gasteiger partial charge in [0, 0.05) is 27.0 Å². The van der Waals surface area contributed by atoms with Crippen LogP contribution in [0, 0.1) is 0 Å². The Balaban J connectivity index is 2.07. The number of anilines is 1. The summed E-state index contributed by atoms with van der Waals surface area (Å²) >= 11 is 5.09. The van der Waals surface area contributed by atoms with E-state index in [0.29, 0.717) is 17.9 Å². The summed E-state index contributed by atoms with van der Waals surface area (Å²) < 4.78 is 0.790. The lowest BCUT2D eigenvalue weighted by Crippen LogP contribution is -2.24. The summed E-state index contributed by atoms with van der Waals surface area (Å²) in [4.78, 5) is 19.1. The average molecular weight is 368 g/mol. The molecule has 0 atom stereocenters. The number of aryl methyl sites for hydroxylation is 1. The van der Waals surface area contributed by atoms with E-state index in [0.717, 1.165) is 22.3 Å². The Bertz CT molecular complexity index is 627. The van der Waals surface area contributed by atoms with Gasteiger partial charge in [-0.15, -0.1) is 11.3 Å². The summed E-state index contributed by atoms with van der Waals surface area (Å²) in [6.45, 7) is 5.37. The number of hydrogen-bond acceptors (Lipinski definition) is 4. The molecule has 0 unspecified atom stereocenters. The number of hydrogen-bond donors (Lipinski definition) is 2. The van der Waals surface area contributed by atoms with Crippen molar-refractivity contribution in [3.05, 3.63) is 44.2 Å². The van der Waals surface area contributed by atoms with E-state index in [1.54, 1.807) is 23.6 Å². The molecule has 6 heteroatoms. The molecule has 0 bridgehead atoms. The highest BCUT2D eigenvalue weighted by molar-refractivity contribution is 9.10. The van der Waals surface area contributed by atoms with E-state index in [2.05, 4.69) is 50.6 Å². The molecule has 0 saturated carbocycles. The number of halogens is 1. The fourth-order valence-electron chi connectivity index (χ4n) is 1.89. The van der Waals surface area contributed by atoms with Gasteiger partial charge in [0.2, 0.25) is 0 Å². The van der Waals surface area contributed by atoms with Gasteiger partial charge >= 0.3 is 0 Å². The summed E-state index contributed by atoms with van der Waals surface area (Å²) in [5.74, 6) is 0.491. The van der Waals surface area contributed by atoms with Crippen molar-refractivity contribution in [2.75, 3.05) is 11.9 Å². The molecule has 2 aromatic heterocycles. The second-order valence-electron chi connectivity index (χ2n) is 4.48. The number of carbonyl (C=O) groups is 1. The lowest BCUT2D eigenvalue weighted by molar-refractivity contribution is 0.0951. The van der Waals surface area contributed by atoms with Crippen LogP contribution < -0.4 is 10.6 Å². The maximum atomic E-state index is 12.3. The molecule has 0 aliphatic carbocycles. The number of amides is 1.